The van der Waals surface area contributed by atoms with Crippen LogP contribution in [0.15, 0.2) is 18.2 Å². The molecule has 94 valence electrons. The molecule has 4 N–H and O–H groups in total. The molecule has 1 aliphatic rings. The SMILES string of the molecule is CC1CC1Cn1nnnc1-c1ccc(N)cc1N. The van der Waals surface area contributed by atoms with Crippen molar-refractivity contribution in [1.29, 1.82) is 0 Å². The van der Waals surface area contributed by atoms with E-state index in [9.17, 15) is 0 Å². The van der Waals surface area contributed by atoms with Crippen LogP contribution in [-0.4, -0.2) is 20.2 Å². The second-order valence-corrected chi connectivity index (χ2v) is 5.00. The Morgan fingerprint density at radius 1 is 1.39 bits per heavy atom. The van der Waals surface area contributed by atoms with Crippen LogP contribution >= 0.6 is 0 Å². The van der Waals surface area contributed by atoms with Crippen LogP contribution in [0.1, 0.15) is 13.3 Å². The topological polar surface area (TPSA) is 95.6 Å². The Hall–Kier alpha value is -2.11. The molecule has 6 nitrogen and oxygen atoms in total. The molecule has 1 fully saturated rings. The lowest BCUT2D eigenvalue weighted by molar-refractivity contribution is 0.528. The van der Waals surface area contributed by atoms with Gasteiger partial charge in [0.2, 0.25) is 0 Å². The van der Waals surface area contributed by atoms with Crippen molar-refractivity contribution in [2.24, 2.45) is 11.8 Å². The number of benzene rings is 1. The highest BCUT2D eigenvalue weighted by atomic mass is 15.5. The van der Waals surface area contributed by atoms with E-state index in [0.29, 0.717) is 23.1 Å². The third-order valence-corrected chi connectivity index (χ3v) is 3.53. The highest BCUT2D eigenvalue weighted by Gasteiger charge is 2.33. The summed E-state index contributed by atoms with van der Waals surface area (Å²) >= 11 is 0. The molecule has 0 saturated heterocycles. The van der Waals surface area contributed by atoms with E-state index in [0.717, 1.165) is 18.0 Å². The van der Waals surface area contributed by atoms with E-state index in [1.54, 1.807) is 6.07 Å². The minimum Gasteiger partial charge on any atom is -0.399 e. The van der Waals surface area contributed by atoms with E-state index in [1.807, 2.05) is 16.8 Å². The minimum absolute atomic E-state index is 0.606. The summed E-state index contributed by atoms with van der Waals surface area (Å²) in [6.07, 6.45) is 1.25. The smallest absolute Gasteiger partial charge is 0.184 e. The molecule has 1 saturated carbocycles. The maximum atomic E-state index is 5.97. The van der Waals surface area contributed by atoms with Crippen molar-refractivity contribution in [1.82, 2.24) is 20.2 Å². The van der Waals surface area contributed by atoms with Gasteiger partial charge >= 0.3 is 0 Å². The van der Waals surface area contributed by atoms with Gasteiger partial charge in [0.25, 0.3) is 0 Å². The summed E-state index contributed by atoms with van der Waals surface area (Å²) in [5.41, 5.74) is 13.7. The fraction of sp³-hybridized carbons (Fsp3) is 0.417. The average molecular weight is 244 g/mol. The number of aromatic nitrogens is 4. The van der Waals surface area contributed by atoms with Crippen LogP contribution in [-0.2, 0) is 6.54 Å². The third-order valence-electron chi connectivity index (χ3n) is 3.53. The quantitative estimate of drug-likeness (QED) is 0.790. The summed E-state index contributed by atoms with van der Waals surface area (Å²) in [7, 11) is 0. The molecule has 6 heteroatoms. The number of nitrogen functional groups attached to an aromatic ring is 2. The Bertz CT molecular complexity index is 576. The second-order valence-electron chi connectivity index (χ2n) is 5.00. The van der Waals surface area contributed by atoms with Gasteiger partial charge in [0.15, 0.2) is 5.82 Å². The summed E-state index contributed by atoms with van der Waals surface area (Å²) < 4.78 is 1.83. The van der Waals surface area contributed by atoms with Crippen LogP contribution in [0, 0.1) is 11.8 Å². The van der Waals surface area contributed by atoms with E-state index in [2.05, 4.69) is 22.4 Å². The van der Waals surface area contributed by atoms with E-state index >= 15 is 0 Å². The van der Waals surface area contributed by atoms with Gasteiger partial charge in [-0.15, -0.1) is 5.10 Å². The van der Waals surface area contributed by atoms with Crippen molar-refractivity contribution in [3.8, 4) is 11.4 Å². The van der Waals surface area contributed by atoms with Crippen molar-refractivity contribution in [3.05, 3.63) is 18.2 Å². The lowest BCUT2D eigenvalue weighted by atomic mass is 10.1. The summed E-state index contributed by atoms with van der Waals surface area (Å²) in [6.45, 7) is 3.10. The van der Waals surface area contributed by atoms with Gasteiger partial charge < -0.3 is 11.5 Å². The van der Waals surface area contributed by atoms with Gasteiger partial charge in [0.05, 0.1) is 0 Å². The number of hydrogen-bond acceptors (Lipinski definition) is 5. The van der Waals surface area contributed by atoms with Crippen LogP contribution in [0.4, 0.5) is 11.4 Å². The minimum atomic E-state index is 0.606. The predicted molar refractivity (Wildman–Crippen MR) is 69.3 cm³/mol. The first-order valence-corrected chi connectivity index (χ1v) is 6.06. The normalized spacial score (nSPS) is 22.1. The van der Waals surface area contributed by atoms with Gasteiger partial charge in [0.1, 0.15) is 0 Å². The Balaban J connectivity index is 1.93. The fourth-order valence-corrected chi connectivity index (χ4v) is 2.18. The van der Waals surface area contributed by atoms with Crippen LogP contribution < -0.4 is 11.5 Å². The zero-order valence-corrected chi connectivity index (χ0v) is 10.2. The second kappa shape index (κ2) is 3.97. The Morgan fingerprint density at radius 3 is 2.83 bits per heavy atom. The molecule has 1 aromatic carbocycles. The number of nitrogens with zero attached hydrogens (tertiary/aromatic N) is 4. The highest BCUT2D eigenvalue weighted by molar-refractivity contribution is 5.74. The highest BCUT2D eigenvalue weighted by Crippen LogP contribution is 2.39. The molecular formula is C12H16N6. The molecule has 2 atom stereocenters. The van der Waals surface area contributed by atoms with Crippen LogP contribution in [0.25, 0.3) is 11.4 Å². The monoisotopic (exact) mass is 244 g/mol. The number of anilines is 2. The van der Waals surface area contributed by atoms with Gasteiger partial charge in [-0.1, -0.05) is 6.92 Å². The Morgan fingerprint density at radius 2 is 2.17 bits per heavy atom. The van der Waals surface area contributed by atoms with Gasteiger partial charge in [-0.05, 0) is 46.9 Å². The van der Waals surface area contributed by atoms with E-state index < -0.39 is 0 Å². The first-order valence-electron chi connectivity index (χ1n) is 6.06. The van der Waals surface area contributed by atoms with Gasteiger partial charge in [-0.2, -0.15) is 0 Å². The molecule has 1 aliphatic carbocycles. The van der Waals surface area contributed by atoms with Crippen LogP contribution in [0.3, 0.4) is 0 Å². The number of rotatable bonds is 3. The lowest BCUT2D eigenvalue weighted by Crippen LogP contribution is -2.06. The Kier molecular flexibility index (Phi) is 2.43. The zero-order valence-electron chi connectivity index (χ0n) is 10.2. The largest absolute Gasteiger partial charge is 0.399 e. The molecule has 2 aromatic rings. The standard InChI is InChI=1S/C12H16N6/c1-7-4-8(7)6-18-12(15-16-17-18)10-3-2-9(13)5-11(10)14/h2-3,5,7-8H,4,6,13-14H2,1H3. The molecule has 1 heterocycles. The van der Waals surface area contributed by atoms with Crippen molar-refractivity contribution in [2.45, 2.75) is 19.9 Å². The number of hydrogen-bond donors (Lipinski definition) is 2. The van der Waals surface area contributed by atoms with Gasteiger partial charge in [-0.25, -0.2) is 4.68 Å². The molecule has 3 rings (SSSR count). The van der Waals surface area contributed by atoms with Crippen LogP contribution in [0.2, 0.25) is 0 Å². The van der Waals surface area contributed by atoms with Gasteiger partial charge in [-0.3, -0.25) is 0 Å². The molecule has 0 radical (unpaired) electrons. The Labute approximate surface area is 105 Å². The van der Waals surface area contributed by atoms with E-state index in [-0.39, 0.29) is 0 Å². The van der Waals surface area contributed by atoms with Crippen molar-refractivity contribution in [3.63, 3.8) is 0 Å². The van der Waals surface area contributed by atoms with Gasteiger partial charge in [0, 0.05) is 23.5 Å². The van der Waals surface area contributed by atoms with E-state index in [1.165, 1.54) is 6.42 Å². The molecule has 0 spiro atoms. The summed E-state index contributed by atoms with van der Waals surface area (Å²) in [5, 5.41) is 11.8. The maximum absolute atomic E-state index is 5.97. The maximum Gasteiger partial charge on any atom is 0.184 e. The summed E-state index contributed by atoms with van der Waals surface area (Å²) in [5.74, 6) is 2.17. The summed E-state index contributed by atoms with van der Waals surface area (Å²) in [4.78, 5) is 0. The molecule has 0 aliphatic heterocycles. The summed E-state index contributed by atoms with van der Waals surface area (Å²) in [6, 6.07) is 5.40. The molecule has 18 heavy (non-hydrogen) atoms. The third kappa shape index (κ3) is 1.90. The van der Waals surface area contributed by atoms with E-state index in [4.69, 9.17) is 11.5 Å². The average Bonchev–Trinajstić information content (AvgIpc) is 2.83. The zero-order chi connectivity index (χ0) is 12.7. The first kappa shape index (κ1) is 11.0. The molecule has 2 unspecified atom stereocenters. The molecule has 0 amide bonds. The van der Waals surface area contributed by atoms with Crippen molar-refractivity contribution >= 4 is 11.4 Å². The lowest BCUT2D eigenvalue weighted by Gasteiger charge is -2.07. The predicted octanol–water partition coefficient (Wildman–Crippen LogP) is 1.16. The molecular weight excluding hydrogens is 228 g/mol. The van der Waals surface area contributed by atoms with Crippen molar-refractivity contribution < 1.29 is 0 Å². The molecule has 0 bridgehead atoms. The molecule has 1 aromatic heterocycles. The fourth-order valence-electron chi connectivity index (χ4n) is 2.18. The van der Waals surface area contributed by atoms with Crippen molar-refractivity contribution in [2.75, 3.05) is 11.5 Å². The first-order chi connectivity index (χ1) is 8.65. The van der Waals surface area contributed by atoms with Crippen LogP contribution in [0.5, 0.6) is 0 Å². The number of nitrogens with two attached hydrogens (primary N) is 2. The number of tetrazole rings is 1.